The molecule has 2 aromatic rings. The van der Waals surface area contributed by atoms with Crippen LogP contribution < -0.4 is 0 Å². The van der Waals surface area contributed by atoms with Gasteiger partial charge in [0.2, 0.25) is 0 Å². The molecule has 1 atom stereocenters. The average molecular weight is 328 g/mol. The second-order valence-corrected chi connectivity index (χ2v) is 7.08. The van der Waals surface area contributed by atoms with Gasteiger partial charge in [-0.2, -0.15) is 0 Å². The van der Waals surface area contributed by atoms with Gasteiger partial charge in [0.1, 0.15) is 11.6 Å². The Morgan fingerprint density at radius 2 is 2.12 bits per heavy atom. The van der Waals surface area contributed by atoms with Crippen molar-refractivity contribution in [1.82, 2.24) is 19.6 Å². The lowest BCUT2D eigenvalue weighted by Gasteiger charge is -2.32. The SMILES string of the molecule is Cc1cn(C)c([C@H]2CCCN(C(=O)c3noc4c3CCCC4)C2)n1. The summed E-state index contributed by atoms with van der Waals surface area (Å²) in [6.45, 7) is 3.52. The zero-order chi connectivity index (χ0) is 16.7. The molecule has 2 aliphatic rings. The van der Waals surface area contributed by atoms with Crippen molar-refractivity contribution in [3.8, 4) is 0 Å². The van der Waals surface area contributed by atoms with Crippen molar-refractivity contribution in [3.63, 3.8) is 0 Å². The minimum absolute atomic E-state index is 0.0255. The molecule has 1 fully saturated rings. The van der Waals surface area contributed by atoms with Crippen LogP contribution in [0.2, 0.25) is 0 Å². The first-order valence-corrected chi connectivity index (χ1v) is 8.90. The van der Waals surface area contributed by atoms with Gasteiger partial charge in [-0.15, -0.1) is 0 Å². The van der Waals surface area contributed by atoms with Crippen molar-refractivity contribution in [1.29, 1.82) is 0 Å². The van der Waals surface area contributed by atoms with Crippen molar-refractivity contribution >= 4 is 5.91 Å². The minimum Gasteiger partial charge on any atom is -0.360 e. The molecule has 1 aliphatic carbocycles. The first-order valence-electron chi connectivity index (χ1n) is 8.90. The fourth-order valence-corrected chi connectivity index (χ4v) is 4.09. The van der Waals surface area contributed by atoms with Gasteiger partial charge < -0.3 is 14.0 Å². The number of imidazole rings is 1. The van der Waals surface area contributed by atoms with Crippen LogP contribution in [0.4, 0.5) is 0 Å². The Labute approximate surface area is 141 Å². The van der Waals surface area contributed by atoms with E-state index >= 15 is 0 Å². The van der Waals surface area contributed by atoms with Crippen molar-refractivity contribution < 1.29 is 9.32 Å². The third-order valence-corrected chi connectivity index (χ3v) is 5.26. The molecule has 6 heteroatoms. The number of fused-ring (bicyclic) bond motifs is 1. The highest BCUT2D eigenvalue weighted by molar-refractivity contribution is 5.94. The highest BCUT2D eigenvalue weighted by Gasteiger charge is 2.32. The van der Waals surface area contributed by atoms with E-state index in [0.717, 1.165) is 67.9 Å². The summed E-state index contributed by atoms with van der Waals surface area (Å²) < 4.78 is 7.51. The van der Waals surface area contributed by atoms with Gasteiger partial charge in [0, 0.05) is 44.2 Å². The number of piperidine rings is 1. The fraction of sp³-hybridized carbons (Fsp3) is 0.611. The van der Waals surface area contributed by atoms with E-state index in [4.69, 9.17) is 4.52 Å². The number of nitrogens with zero attached hydrogens (tertiary/aromatic N) is 4. The molecule has 4 rings (SSSR count). The zero-order valence-electron chi connectivity index (χ0n) is 14.4. The number of likely N-dealkylation sites (tertiary alicyclic amines) is 1. The summed E-state index contributed by atoms with van der Waals surface area (Å²) in [6, 6.07) is 0. The second kappa shape index (κ2) is 6.07. The van der Waals surface area contributed by atoms with E-state index in [1.807, 2.05) is 25.1 Å². The summed E-state index contributed by atoms with van der Waals surface area (Å²) in [5.41, 5.74) is 2.61. The lowest BCUT2D eigenvalue weighted by atomic mass is 9.94. The van der Waals surface area contributed by atoms with E-state index in [9.17, 15) is 4.79 Å². The Balaban J connectivity index is 1.55. The standard InChI is InChI=1S/C18H24N4O2/c1-12-10-21(2)17(19-12)13-6-5-9-22(11-13)18(23)16-14-7-3-4-8-15(14)24-20-16/h10,13H,3-9,11H2,1-2H3/t13-/m0/s1. The topological polar surface area (TPSA) is 64.2 Å². The van der Waals surface area contributed by atoms with E-state index < -0.39 is 0 Å². The van der Waals surface area contributed by atoms with Gasteiger partial charge in [0.05, 0.1) is 5.69 Å². The fourth-order valence-electron chi connectivity index (χ4n) is 4.09. The van der Waals surface area contributed by atoms with E-state index in [1.54, 1.807) is 0 Å². The number of hydrogen-bond donors (Lipinski definition) is 0. The van der Waals surface area contributed by atoms with Crippen LogP contribution in [0.25, 0.3) is 0 Å². The van der Waals surface area contributed by atoms with Crippen LogP contribution in [-0.4, -0.2) is 38.6 Å². The highest BCUT2D eigenvalue weighted by atomic mass is 16.5. The van der Waals surface area contributed by atoms with Crippen LogP contribution in [0.5, 0.6) is 0 Å². The normalized spacial score (nSPS) is 20.9. The predicted octanol–water partition coefficient (Wildman–Crippen LogP) is 2.62. The lowest BCUT2D eigenvalue weighted by Crippen LogP contribution is -2.40. The molecule has 0 aromatic carbocycles. The molecule has 1 saturated heterocycles. The van der Waals surface area contributed by atoms with Crippen LogP contribution >= 0.6 is 0 Å². The summed E-state index contributed by atoms with van der Waals surface area (Å²) >= 11 is 0. The molecule has 0 bridgehead atoms. The number of aryl methyl sites for hydroxylation is 3. The van der Waals surface area contributed by atoms with Crippen LogP contribution in [-0.2, 0) is 19.9 Å². The van der Waals surface area contributed by atoms with Gasteiger partial charge in [-0.25, -0.2) is 4.98 Å². The zero-order valence-corrected chi connectivity index (χ0v) is 14.4. The van der Waals surface area contributed by atoms with Crippen LogP contribution in [0, 0.1) is 6.92 Å². The van der Waals surface area contributed by atoms with Gasteiger partial charge in [-0.05, 0) is 39.0 Å². The molecular formula is C18H24N4O2. The third-order valence-electron chi connectivity index (χ3n) is 5.26. The maximum absolute atomic E-state index is 13.0. The van der Waals surface area contributed by atoms with Crippen molar-refractivity contribution in [2.75, 3.05) is 13.1 Å². The molecule has 0 N–H and O–H groups in total. The first kappa shape index (κ1) is 15.4. The van der Waals surface area contributed by atoms with Gasteiger partial charge >= 0.3 is 0 Å². The van der Waals surface area contributed by atoms with Crippen molar-refractivity contribution in [2.45, 2.75) is 51.4 Å². The molecule has 0 radical (unpaired) electrons. The van der Waals surface area contributed by atoms with Crippen LogP contribution in [0.1, 0.15) is 64.9 Å². The molecule has 0 spiro atoms. The van der Waals surface area contributed by atoms with E-state index in [1.165, 1.54) is 0 Å². The number of carbonyl (C=O) groups is 1. The van der Waals surface area contributed by atoms with Crippen molar-refractivity contribution in [2.24, 2.45) is 7.05 Å². The molecule has 2 aromatic heterocycles. The molecule has 3 heterocycles. The summed E-state index contributed by atoms with van der Waals surface area (Å²) in [4.78, 5) is 19.6. The highest BCUT2D eigenvalue weighted by Crippen LogP contribution is 2.29. The monoisotopic (exact) mass is 328 g/mol. The molecule has 128 valence electrons. The summed E-state index contributed by atoms with van der Waals surface area (Å²) in [7, 11) is 2.03. The number of aromatic nitrogens is 3. The van der Waals surface area contributed by atoms with E-state index in [2.05, 4.69) is 14.7 Å². The summed E-state index contributed by atoms with van der Waals surface area (Å²) in [5.74, 6) is 2.31. The molecule has 1 aliphatic heterocycles. The van der Waals surface area contributed by atoms with Crippen molar-refractivity contribution in [3.05, 3.63) is 34.7 Å². The van der Waals surface area contributed by atoms with E-state index in [-0.39, 0.29) is 5.91 Å². The minimum atomic E-state index is 0.0255. The summed E-state index contributed by atoms with van der Waals surface area (Å²) in [6.07, 6.45) is 8.18. The lowest BCUT2D eigenvalue weighted by molar-refractivity contribution is 0.0692. The molecule has 0 unspecified atom stereocenters. The van der Waals surface area contributed by atoms with E-state index in [0.29, 0.717) is 18.2 Å². The molecule has 6 nitrogen and oxygen atoms in total. The maximum Gasteiger partial charge on any atom is 0.276 e. The van der Waals surface area contributed by atoms with Gasteiger partial charge in [0.25, 0.3) is 5.91 Å². The Kier molecular flexibility index (Phi) is 3.90. The molecular weight excluding hydrogens is 304 g/mol. The second-order valence-electron chi connectivity index (χ2n) is 7.08. The van der Waals surface area contributed by atoms with Gasteiger partial charge in [0.15, 0.2) is 5.69 Å². The number of carbonyl (C=O) groups excluding carboxylic acids is 1. The first-order chi connectivity index (χ1) is 11.6. The number of amides is 1. The largest absolute Gasteiger partial charge is 0.360 e. The molecule has 24 heavy (non-hydrogen) atoms. The van der Waals surface area contributed by atoms with Crippen LogP contribution in [0.3, 0.4) is 0 Å². The quantitative estimate of drug-likeness (QED) is 0.850. The van der Waals surface area contributed by atoms with Gasteiger partial charge in [-0.3, -0.25) is 4.79 Å². The third kappa shape index (κ3) is 2.64. The van der Waals surface area contributed by atoms with Gasteiger partial charge in [-0.1, -0.05) is 5.16 Å². The smallest absolute Gasteiger partial charge is 0.276 e. The Hall–Kier alpha value is -2.11. The summed E-state index contributed by atoms with van der Waals surface area (Å²) in [5, 5.41) is 4.11. The Bertz CT molecular complexity index is 761. The average Bonchev–Trinajstić information content (AvgIpc) is 3.17. The molecule has 1 amide bonds. The maximum atomic E-state index is 13.0. The number of rotatable bonds is 2. The Morgan fingerprint density at radius 1 is 1.29 bits per heavy atom. The number of hydrogen-bond acceptors (Lipinski definition) is 4. The predicted molar refractivity (Wildman–Crippen MR) is 89.0 cm³/mol. The Morgan fingerprint density at radius 3 is 2.92 bits per heavy atom. The van der Waals surface area contributed by atoms with Crippen LogP contribution in [0.15, 0.2) is 10.7 Å². The molecule has 0 saturated carbocycles.